The summed E-state index contributed by atoms with van der Waals surface area (Å²) in [5.41, 5.74) is 8.65. The number of benzene rings is 1. The van der Waals surface area contributed by atoms with Gasteiger partial charge in [-0.3, -0.25) is 4.79 Å². The predicted octanol–water partition coefficient (Wildman–Crippen LogP) is 5.11. The van der Waals surface area contributed by atoms with Crippen LogP contribution in [-0.4, -0.2) is 24.2 Å². The number of carbonyl (C=O) groups is 1. The SMILES string of the molecule is C[C@]12CC[C@H]3[C@@H]([C@H](Sc4ccc(N)cc4)CC4=CC(=O)CC[C@@]43C)[C@@H]1COC2. The molecule has 5 rings (SSSR count). The van der Waals surface area contributed by atoms with Gasteiger partial charge in [-0.1, -0.05) is 19.4 Å². The standard InChI is InChI=1S/C24H31NO2S/c1-23-9-8-19-22(20(23)13-27-14-23)21(28-18-5-3-16(25)4-6-18)12-15-11-17(26)7-10-24(15,19)2/h3-6,11,19-22H,7-10,12-14,25H2,1-2H3/t19-,20-,21+,22+,23+,24-/m0/s1. The Labute approximate surface area is 172 Å². The van der Waals surface area contributed by atoms with E-state index in [1.165, 1.54) is 23.3 Å². The number of rotatable bonds is 2. The van der Waals surface area contributed by atoms with Crippen LogP contribution in [0.15, 0.2) is 40.8 Å². The van der Waals surface area contributed by atoms with Crippen LogP contribution in [-0.2, 0) is 9.53 Å². The monoisotopic (exact) mass is 397 g/mol. The molecule has 0 aromatic heterocycles. The van der Waals surface area contributed by atoms with Crippen LogP contribution in [0.3, 0.4) is 0 Å². The first-order valence-corrected chi connectivity index (χ1v) is 11.6. The molecule has 0 spiro atoms. The van der Waals surface area contributed by atoms with Crippen molar-refractivity contribution in [2.24, 2.45) is 28.6 Å². The number of ether oxygens (including phenoxy) is 1. The lowest BCUT2D eigenvalue weighted by molar-refractivity contribution is -0.117. The zero-order valence-corrected chi connectivity index (χ0v) is 17.8. The third-order valence-corrected chi connectivity index (χ3v) is 9.70. The molecule has 4 aliphatic rings. The predicted molar refractivity (Wildman–Crippen MR) is 114 cm³/mol. The lowest BCUT2D eigenvalue weighted by Crippen LogP contribution is -2.54. The molecule has 0 unspecified atom stereocenters. The second-order valence-electron chi connectivity index (χ2n) is 9.98. The summed E-state index contributed by atoms with van der Waals surface area (Å²) in [4.78, 5) is 13.5. The minimum absolute atomic E-state index is 0.195. The second-order valence-corrected chi connectivity index (χ2v) is 11.3. The van der Waals surface area contributed by atoms with E-state index in [0.717, 1.165) is 38.2 Å². The summed E-state index contributed by atoms with van der Waals surface area (Å²) in [5.74, 6) is 2.27. The molecule has 3 aliphatic carbocycles. The van der Waals surface area contributed by atoms with Gasteiger partial charge in [-0.25, -0.2) is 0 Å². The van der Waals surface area contributed by atoms with E-state index in [2.05, 4.69) is 26.0 Å². The summed E-state index contributed by atoms with van der Waals surface area (Å²) in [6.07, 6.45) is 7.32. The quantitative estimate of drug-likeness (QED) is 0.705. The number of anilines is 1. The van der Waals surface area contributed by atoms with Gasteiger partial charge in [0.25, 0.3) is 0 Å². The van der Waals surface area contributed by atoms with E-state index in [1.54, 1.807) is 0 Å². The van der Waals surface area contributed by atoms with E-state index >= 15 is 0 Å². The largest absolute Gasteiger partial charge is 0.399 e. The highest BCUT2D eigenvalue weighted by Crippen LogP contribution is 2.64. The summed E-state index contributed by atoms with van der Waals surface area (Å²) in [5, 5.41) is 0.505. The van der Waals surface area contributed by atoms with Crippen LogP contribution in [0.5, 0.6) is 0 Å². The van der Waals surface area contributed by atoms with E-state index in [9.17, 15) is 4.79 Å². The average Bonchev–Trinajstić information content (AvgIpc) is 3.06. The van der Waals surface area contributed by atoms with Crippen LogP contribution in [0, 0.1) is 28.6 Å². The molecule has 0 radical (unpaired) electrons. The van der Waals surface area contributed by atoms with Gasteiger partial charge in [-0.2, -0.15) is 0 Å². The zero-order valence-electron chi connectivity index (χ0n) is 16.9. The molecular weight excluding hydrogens is 366 g/mol. The molecular formula is C24H31NO2S. The number of carbonyl (C=O) groups excluding carboxylic acids is 1. The van der Waals surface area contributed by atoms with Crippen molar-refractivity contribution in [1.82, 2.24) is 0 Å². The minimum Gasteiger partial charge on any atom is -0.399 e. The second kappa shape index (κ2) is 6.63. The van der Waals surface area contributed by atoms with E-state index in [1.807, 2.05) is 30.0 Å². The van der Waals surface area contributed by atoms with Gasteiger partial charge < -0.3 is 10.5 Å². The van der Waals surface area contributed by atoms with Gasteiger partial charge in [-0.15, -0.1) is 11.8 Å². The van der Waals surface area contributed by atoms with E-state index in [4.69, 9.17) is 10.5 Å². The summed E-state index contributed by atoms with van der Waals surface area (Å²) in [6, 6.07) is 8.30. The highest BCUT2D eigenvalue weighted by Gasteiger charge is 2.59. The van der Waals surface area contributed by atoms with Gasteiger partial charge in [0.1, 0.15) is 0 Å². The van der Waals surface area contributed by atoms with Gasteiger partial charge in [-0.05, 0) is 84.6 Å². The fraction of sp³-hybridized carbons (Fsp3) is 0.625. The third kappa shape index (κ3) is 2.87. The molecule has 2 saturated carbocycles. The lowest BCUT2D eigenvalue weighted by Gasteiger charge is -2.59. The molecule has 0 amide bonds. The molecule has 28 heavy (non-hydrogen) atoms. The fourth-order valence-corrected chi connectivity index (χ4v) is 8.11. The molecule has 1 aromatic rings. The van der Waals surface area contributed by atoms with Crippen molar-refractivity contribution < 1.29 is 9.53 Å². The Morgan fingerprint density at radius 3 is 2.71 bits per heavy atom. The fourth-order valence-electron chi connectivity index (χ4n) is 6.66. The number of nitrogens with two attached hydrogens (primary N) is 1. The Kier molecular flexibility index (Phi) is 4.44. The number of nitrogen functional groups attached to an aromatic ring is 1. The third-order valence-electron chi connectivity index (χ3n) is 8.38. The van der Waals surface area contributed by atoms with Gasteiger partial charge in [0, 0.05) is 22.3 Å². The molecule has 1 heterocycles. The zero-order chi connectivity index (χ0) is 19.5. The highest BCUT2D eigenvalue weighted by atomic mass is 32.2. The first-order chi connectivity index (χ1) is 13.4. The van der Waals surface area contributed by atoms with Crippen molar-refractivity contribution in [3.05, 3.63) is 35.9 Å². The topological polar surface area (TPSA) is 52.3 Å². The van der Waals surface area contributed by atoms with Crippen LogP contribution in [0.1, 0.15) is 46.0 Å². The van der Waals surface area contributed by atoms with Crippen LogP contribution in [0.25, 0.3) is 0 Å². The number of fused-ring (bicyclic) bond motifs is 5. The number of hydrogen-bond donors (Lipinski definition) is 1. The summed E-state index contributed by atoms with van der Waals surface area (Å²) in [6.45, 7) is 6.72. The van der Waals surface area contributed by atoms with Crippen molar-refractivity contribution in [2.75, 3.05) is 18.9 Å². The minimum atomic E-state index is 0.195. The first-order valence-electron chi connectivity index (χ1n) is 10.7. The van der Waals surface area contributed by atoms with Crippen molar-refractivity contribution in [3.63, 3.8) is 0 Å². The van der Waals surface area contributed by atoms with Crippen molar-refractivity contribution in [1.29, 1.82) is 0 Å². The molecule has 6 atom stereocenters. The molecule has 1 aromatic carbocycles. The molecule has 1 saturated heterocycles. The number of hydrogen-bond acceptors (Lipinski definition) is 4. The van der Waals surface area contributed by atoms with Gasteiger partial charge >= 0.3 is 0 Å². The Balaban J connectivity index is 1.54. The Morgan fingerprint density at radius 2 is 1.93 bits per heavy atom. The van der Waals surface area contributed by atoms with Gasteiger partial charge in [0.15, 0.2) is 5.78 Å². The maximum Gasteiger partial charge on any atom is 0.155 e. The number of thioether (sulfide) groups is 1. The van der Waals surface area contributed by atoms with E-state index in [0.29, 0.717) is 34.2 Å². The molecule has 1 aliphatic heterocycles. The lowest BCUT2D eigenvalue weighted by atomic mass is 9.47. The van der Waals surface area contributed by atoms with Crippen LogP contribution in [0.4, 0.5) is 5.69 Å². The molecule has 150 valence electrons. The first kappa shape index (κ1) is 18.7. The number of ketones is 1. The van der Waals surface area contributed by atoms with Gasteiger partial charge in [0.2, 0.25) is 0 Å². The van der Waals surface area contributed by atoms with Crippen molar-refractivity contribution in [3.8, 4) is 0 Å². The highest BCUT2D eigenvalue weighted by molar-refractivity contribution is 8.00. The van der Waals surface area contributed by atoms with Crippen LogP contribution in [0.2, 0.25) is 0 Å². The summed E-state index contributed by atoms with van der Waals surface area (Å²) >= 11 is 2.00. The Bertz CT molecular complexity index is 818. The Hall–Kier alpha value is -1.26. The molecule has 4 heteroatoms. The maximum absolute atomic E-state index is 12.2. The average molecular weight is 398 g/mol. The molecule has 0 bridgehead atoms. The van der Waals surface area contributed by atoms with Crippen LogP contribution < -0.4 is 5.73 Å². The molecule has 2 N–H and O–H groups in total. The molecule has 3 nitrogen and oxygen atoms in total. The molecule has 3 fully saturated rings. The Morgan fingerprint density at radius 1 is 1.14 bits per heavy atom. The van der Waals surface area contributed by atoms with E-state index in [-0.39, 0.29) is 5.41 Å². The number of allylic oxidation sites excluding steroid dienone is 2. The maximum atomic E-state index is 12.2. The van der Waals surface area contributed by atoms with Gasteiger partial charge in [0.05, 0.1) is 13.2 Å². The summed E-state index contributed by atoms with van der Waals surface area (Å²) < 4.78 is 6.05. The van der Waals surface area contributed by atoms with E-state index < -0.39 is 0 Å². The van der Waals surface area contributed by atoms with Crippen LogP contribution >= 0.6 is 11.8 Å². The van der Waals surface area contributed by atoms with Crippen molar-refractivity contribution >= 4 is 23.2 Å². The summed E-state index contributed by atoms with van der Waals surface area (Å²) in [7, 11) is 0. The smallest absolute Gasteiger partial charge is 0.155 e. The normalized spacial score (nSPS) is 42.4. The van der Waals surface area contributed by atoms with Crippen molar-refractivity contribution in [2.45, 2.75) is 56.1 Å².